The van der Waals surface area contributed by atoms with Gasteiger partial charge in [-0.2, -0.15) is 0 Å². The van der Waals surface area contributed by atoms with E-state index >= 15 is 0 Å². The van der Waals surface area contributed by atoms with Crippen LogP contribution in [0.25, 0.3) is 0 Å². The SMILES string of the molecule is Oc1cc(Cl)ccc1Oc1ccc(Cl)cc1Cl.[Zn]. The van der Waals surface area contributed by atoms with Crippen LogP contribution in [-0.2, 0) is 19.5 Å². The van der Waals surface area contributed by atoms with Crippen molar-refractivity contribution in [2.75, 3.05) is 0 Å². The first-order chi connectivity index (χ1) is 8.06. The average Bonchev–Trinajstić information content (AvgIpc) is 2.25. The third-order valence-electron chi connectivity index (χ3n) is 2.03. The minimum absolute atomic E-state index is 0. The third-order valence-corrected chi connectivity index (χ3v) is 2.80. The standard InChI is InChI=1S/C12H7Cl3O2.Zn/c13-7-1-3-11(9(15)5-7)17-12-4-2-8(14)6-10(12)16;/h1-6,16H;. The summed E-state index contributed by atoms with van der Waals surface area (Å²) >= 11 is 17.4. The number of benzene rings is 2. The normalized spacial score (nSPS) is 9.72. The van der Waals surface area contributed by atoms with Crippen molar-refractivity contribution in [1.82, 2.24) is 0 Å². The Labute approximate surface area is 132 Å². The monoisotopic (exact) mass is 352 g/mol. The first-order valence-corrected chi connectivity index (χ1v) is 5.81. The zero-order valence-corrected chi connectivity index (χ0v) is 14.4. The smallest absolute Gasteiger partial charge is 0.169 e. The van der Waals surface area contributed by atoms with Gasteiger partial charge in [-0.1, -0.05) is 34.8 Å². The second-order valence-electron chi connectivity index (χ2n) is 3.29. The summed E-state index contributed by atoms with van der Waals surface area (Å²) in [5.74, 6) is 0.635. The van der Waals surface area contributed by atoms with Crippen molar-refractivity contribution < 1.29 is 29.3 Å². The number of hydrogen-bond acceptors (Lipinski definition) is 2. The van der Waals surface area contributed by atoms with Crippen molar-refractivity contribution in [3.05, 3.63) is 51.5 Å². The van der Waals surface area contributed by atoms with Crippen LogP contribution in [0.2, 0.25) is 15.1 Å². The Morgan fingerprint density at radius 2 is 1.39 bits per heavy atom. The molecule has 0 radical (unpaired) electrons. The number of phenols is 1. The van der Waals surface area contributed by atoms with Crippen LogP contribution in [0.3, 0.4) is 0 Å². The molecule has 0 spiro atoms. The molecule has 0 aliphatic heterocycles. The van der Waals surface area contributed by atoms with Crippen LogP contribution in [0.1, 0.15) is 0 Å². The minimum atomic E-state index is -0.0523. The Balaban J connectivity index is 0.00000162. The number of rotatable bonds is 2. The molecule has 0 fully saturated rings. The molecular formula is C12H7Cl3O2Zn. The van der Waals surface area contributed by atoms with Gasteiger partial charge in [0.1, 0.15) is 5.75 Å². The number of aromatic hydroxyl groups is 1. The molecule has 0 aromatic heterocycles. The fourth-order valence-corrected chi connectivity index (χ4v) is 1.87. The quantitative estimate of drug-likeness (QED) is 0.756. The van der Waals surface area contributed by atoms with Crippen molar-refractivity contribution >= 4 is 34.8 Å². The van der Waals surface area contributed by atoms with Crippen LogP contribution in [-0.4, -0.2) is 5.11 Å². The van der Waals surface area contributed by atoms with E-state index in [4.69, 9.17) is 39.5 Å². The Morgan fingerprint density at radius 1 is 0.833 bits per heavy atom. The van der Waals surface area contributed by atoms with Crippen molar-refractivity contribution in [2.45, 2.75) is 0 Å². The number of hydrogen-bond donors (Lipinski definition) is 1. The molecule has 0 aliphatic rings. The third kappa shape index (κ3) is 3.76. The van der Waals surface area contributed by atoms with E-state index in [-0.39, 0.29) is 31.0 Å². The minimum Gasteiger partial charge on any atom is -0.504 e. The molecule has 0 bridgehead atoms. The molecule has 0 atom stereocenters. The van der Waals surface area contributed by atoms with Crippen molar-refractivity contribution in [3.63, 3.8) is 0 Å². The van der Waals surface area contributed by atoms with E-state index in [2.05, 4.69) is 0 Å². The first kappa shape index (κ1) is 15.6. The topological polar surface area (TPSA) is 29.5 Å². The molecular weight excluding hydrogens is 348 g/mol. The molecule has 6 heteroatoms. The van der Waals surface area contributed by atoms with E-state index in [0.717, 1.165) is 0 Å². The maximum absolute atomic E-state index is 9.62. The summed E-state index contributed by atoms with van der Waals surface area (Å²) in [6, 6.07) is 9.39. The first-order valence-electron chi connectivity index (χ1n) is 4.67. The van der Waals surface area contributed by atoms with Crippen LogP contribution in [0.5, 0.6) is 17.2 Å². The van der Waals surface area contributed by atoms with E-state index < -0.39 is 0 Å². The number of halogens is 3. The Bertz CT molecular complexity index is 512. The van der Waals surface area contributed by atoms with E-state index in [9.17, 15) is 5.11 Å². The van der Waals surface area contributed by atoms with Crippen LogP contribution in [0.4, 0.5) is 0 Å². The Morgan fingerprint density at radius 3 is 1.94 bits per heavy atom. The predicted octanol–water partition coefficient (Wildman–Crippen LogP) is 5.14. The van der Waals surface area contributed by atoms with Gasteiger partial charge in [-0.3, -0.25) is 0 Å². The van der Waals surface area contributed by atoms with Crippen LogP contribution in [0, 0.1) is 0 Å². The van der Waals surface area contributed by atoms with Crippen LogP contribution in [0.15, 0.2) is 36.4 Å². The summed E-state index contributed by atoms with van der Waals surface area (Å²) in [5.41, 5.74) is 0. The Kier molecular flexibility index (Phi) is 5.74. The fraction of sp³-hybridized carbons (Fsp3) is 0. The second kappa shape index (κ2) is 6.63. The molecule has 0 aliphatic carbocycles. The fourth-order valence-electron chi connectivity index (χ4n) is 1.25. The van der Waals surface area contributed by atoms with Gasteiger partial charge < -0.3 is 9.84 Å². The van der Waals surface area contributed by atoms with Gasteiger partial charge in [0.2, 0.25) is 0 Å². The van der Waals surface area contributed by atoms with Gasteiger partial charge in [-0.05, 0) is 30.3 Å². The summed E-state index contributed by atoms with van der Waals surface area (Å²) in [5, 5.41) is 10.9. The number of phenolic OH excluding ortho intramolecular Hbond substituents is 1. The maximum atomic E-state index is 9.62. The van der Waals surface area contributed by atoms with Crippen molar-refractivity contribution in [3.8, 4) is 17.2 Å². The molecule has 1 N–H and O–H groups in total. The molecule has 2 nitrogen and oxygen atoms in total. The van der Waals surface area contributed by atoms with Gasteiger partial charge in [0.05, 0.1) is 5.02 Å². The van der Waals surface area contributed by atoms with Gasteiger partial charge in [-0.15, -0.1) is 0 Å². The molecule has 0 amide bonds. The second-order valence-corrected chi connectivity index (χ2v) is 4.57. The zero-order valence-electron chi connectivity index (χ0n) is 9.16. The molecule has 2 aromatic rings. The maximum Gasteiger partial charge on any atom is 0.169 e. The van der Waals surface area contributed by atoms with E-state index in [1.165, 1.54) is 6.07 Å². The molecule has 0 saturated heterocycles. The van der Waals surface area contributed by atoms with Gasteiger partial charge in [0, 0.05) is 35.6 Å². The van der Waals surface area contributed by atoms with E-state index in [0.29, 0.717) is 20.8 Å². The molecule has 2 aromatic carbocycles. The zero-order chi connectivity index (χ0) is 12.4. The average molecular weight is 355 g/mol. The Hall–Kier alpha value is -0.467. The van der Waals surface area contributed by atoms with Crippen LogP contribution >= 0.6 is 34.8 Å². The summed E-state index contributed by atoms with van der Waals surface area (Å²) in [7, 11) is 0. The largest absolute Gasteiger partial charge is 0.504 e. The molecule has 0 unspecified atom stereocenters. The van der Waals surface area contributed by atoms with Gasteiger partial charge in [0.25, 0.3) is 0 Å². The molecule has 18 heavy (non-hydrogen) atoms. The molecule has 2 rings (SSSR count). The van der Waals surface area contributed by atoms with Gasteiger partial charge in [-0.25, -0.2) is 0 Å². The summed E-state index contributed by atoms with van der Waals surface area (Å²) in [6.45, 7) is 0. The predicted molar refractivity (Wildman–Crippen MR) is 69.7 cm³/mol. The van der Waals surface area contributed by atoms with E-state index in [1.807, 2.05) is 0 Å². The van der Waals surface area contributed by atoms with Gasteiger partial charge in [0.15, 0.2) is 11.5 Å². The molecule has 90 valence electrons. The van der Waals surface area contributed by atoms with E-state index in [1.54, 1.807) is 30.3 Å². The number of ether oxygens (including phenoxy) is 1. The van der Waals surface area contributed by atoms with Gasteiger partial charge >= 0.3 is 0 Å². The summed E-state index contributed by atoms with van der Waals surface area (Å²) < 4.78 is 5.45. The summed E-state index contributed by atoms with van der Waals surface area (Å²) in [6.07, 6.45) is 0. The summed E-state index contributed by atoms with van der Waals surface area (Å²) in [4.78, 5) is 0. The van der Waals surface area contributed by atoms with Crippen molar-refractivity contribution in [1.29, 1.82) is 0 Å². The molecule has 0 heterocycles. The van der Waals surface area contributed by atoms with Crippen LogP contribution < -0.4 is 4.74 Å². The van der Waals surface area contributed by atoms with Crippen molar-refractivity contribution in [2.24, 2.45) is 0 Å². The molecule has 0 saturated carbocycles.